The first-order valence-corrected chi connectivity index (χ1v) is 11.2. The van der Waals surface area contributed by atoms with Crippen LogP contribution in [0.3, 0.4) is 0 Å². The predicted molar refractivity (Wildman–Crippen MR) is 123 cm³/mol. The minimum Gasteiger partial charge on any atom is -0.479 e. The molecule has 2 fully saturated rings. The lowest BCUT2D eigenvalue weighted by molar-refractivity contribution is -0.144. The summed E-state index contributed by atoms with van der Waals surface area (Å²) in [6.07, 6.45) is 9.54. The Labute approximate surface area is 193 Å². The van der Waals surface area contributed by atoms with Gasteiger partial charge < -0.3 is 9.84 Å². The Bertz CT molecular complexity index is 952. The maximum absolute atomic E-state index is 12.9. The van der Waals surface area contributed by atoms with E-state index >= 15 is 0 Å². The van der Waals surface area contributed by atoms with Gasteiger partial charge in [-0.15, -0.1) is 6.42 Å². The normalized spacial score (nSPS) is 17.7. The van der Waals surface area contributed by atoms with Gasteiger partial charge in [0, 0.05) is 11.7 Å². The van der Waals surface area contributed by atoms with Crippen molar-refractivity contribution >= 4 is 40.9 Å². The third-order valence-electron chi connectivity index (χ3n) is 6.06. The molecule has 1 N–H and O–H groups in total. The number of hydrogen-bond acceptors (Lipinski definition) is 4. The van der Waals surface area contributed by atoms with Crippen LogP contribution in [0.25, 0.3) is 0 Å². The van der Waals surface area contributed by atoms with Gasteiger partial charge in [0.2, 0.25) is 0 Å². The summed E-state index contributed by atoms with van der Waals surface area (Å²) in [5.41, 5.74) is -1.33. The van der Waals surface area contributed by atoms with E-state index < -0.39 is 29.1 Å². The van der Waals surface area contributed by atoms with E-state index in [1.54, 1.807) is 37.8 Å². The second-order valence-electron chi connectivity index (χ2n) is 9.40. The van der Waals surface area contributed by atoms with Crippen molar-refractivity contribution < 1.29 is 24.2 Å². The van der Waals surface area contributed by atoms with Crippen LogP contribution in [-0.2, 0) is 14.3 Å². The molecule has 0 saturated heterocycles. The summed E-state index contributed by atoms with van der Waals surface area (Å²) in [6.45, 7) is 5.39. The van der Waals surface area contributed by atoms with Gasteiger partial charge in [-0.25, -0.2) is 9.59 Å². The van der Waals surface area contributed by atoms with Gasteiger partial charge in [0.1, 0.15) is 11.1 Å². The van der Waals surface area contributed by atoms with E-state index in [9.17, 15) is 19.5 Å². The number of amides is 2. The van der Waals surface area contributed by atoms with E-state index in [-0.39, 0.29) is 11.1 Å². The number of hydrogen-bond donors (Lipinski definition) is 1. The second kappa shape index (κ2) is 9.03. The Balaban J connectivity index is 2.02. The fourth-order valence-electron chi connectivity index (χ4n) is 4.35. The van der Waals surface area contributed by atoms with E-state index in [2.05, 4.69) is 5.92 Å². The molecule has 0 bridgehead atoms. The van der Waals surface area contributed by atoms with E-state index in [1.807, 2.05) is 0 Å². The summed E-state index contributed by atoms with van der Waals surface area (Å²) >= 11 is 6.60. The minimum absolute atomic E-state index is 0.0307. The fourth-order valence-corrected chi connectivity index (χ4v) is 4.61. The van der Waals surface area contributed by atoms with Crippen molar-refractivity contribution in [2.75, 3.05) is 9.80 Å². The van der Waals surface area contributed by atoms with E-state index in [1.165, 1.54) is 11.0 Å². The Morgan fingerprint density at radius 3 is 2.25 bits per heavy atom. The van der Waals surface area contributed by atoms with Crippen LogP contribution in [0.2, 0.25) is 5.02 Å². The first kappa shape index (κ1) is 23.9. The topological polar surface area (TPSA) is 87.2 Å². The molecule has 32 heavy (non-hydrogen) atoms. The fraction of sp³-hybridized carbons (Fsp3) is 0.542. The number of benzene rings is 1. The number of rotatable bonds is 5. The maximum atomic E-state index is 12.9. The van der Waals surface area contributed by atoms with Crippen molar-refractivity contribution in [1.82, 2.24) is 0 Å². The van der Waals surface area contributed by atoms with Crippen LogP contribution in [0, 0.1) is 12.3 Å². The summed E-state index contributed by atoms with van der Waals surface area (Å²) in [5.74, 6) is 0.225. The summed E-state index contributed by atoms with van der Waals surface area (Å²) in [4.78, 5) is 40.5. The molecule has 0 radical (unpaired) electrons. The van der Waals surface area contributed by atoms with Crippen LogP contribution >= 0.6 is 11.6 Å². The molecule has 0 aliphatic heterocycles. The highest BCUT2D eigenvalue weighted by Crippen LogP contribution is 2.42. The lowest BCUT2D eigenvalue weighted by Gasteiger charge is -2.39. The molecule has 172 valence electrons. The smallest absolute Gasteiger partial charge is 0.415 e. The lowest BCUT2D eigenvalue weighted by atomic mass is 9.91. The predicted octanol–water partition coefficient (Wildman–Crippen LogP) is 5.00. The Kier molecular flexibility index (Phi) is 6.75. The van der Waals surface area contributed by atoms with Crippen LogP contribution in [0.1, 0.15) is 65.7 Å². The summed E-state index contributed by atoms with van der Waals surface area (Å²) in [5, 5.41) is 10.2. The van der Waals surface area contributed by atoms with Crippen molar-refractivity contribution in [1.29, 1.82) is 0 Å². The van der Waals surface area contributed by atoms with E-state index in [0.717, 1.165) is 19.3 Å². The minimum atomic E-state index is -1.41. The third kappa shape index (κ3) is 4.56. The number of carbonyl (C=O) groups excluding carboxylic acids is 2. The molecule has 1 aromatic carbocycles. The van der Waals surface area contributed by atoms with Gasteiger partial charge in [-0.3, -0.25) is 14.6 Å². The second-order valence-corrected chi connectivity index (χ2v) is 9.81. The number of terminal acetylenes is 1. The Morgan fingerprint density at radius 1 is 1.19 bits per heavy atom. The molecule has 2 amide bonds. The maximum Gasteiger partial charge on any atom is 0.415 e. The third-order valence-corrected chi connectivity index (χ3v) is 6.37. The highest BCUT2D eigenvalue weighted by atomic mass is 35.5. The molecular formula is C24H29ClN2O5. The largest absolute Gasteiger partial charge is 0.479 e. The first-order chi connectivity index (χ1) is 15.0. The van der Waals surface area contributed by atoms with Crippen LogP contribution in [0.4, 0.5) is 16.2 Å². The van der Waals surface area contributed by atoms with Gasteiger partial charge in [-0.1, -0.05) is 24.4 Å². The summed E-state index contributed by atoms with van der Waals surface area (Å²) in [7, 11) is 0. The number of halogens is 1. The molecule has 3 rings (SSSR count). The highest BCUT2D eigenvalue weighted by molar-refractivity contribution is 6.34. The van der Waals surface area contributed by atoms with Gasteiger partial charge >= 0.3 is 18.0 Å². The monoisotopic (exact) mass is 460 g/mol. The molecule has 0 heterocycles. The molecule has 0 atom stereocenters. The van der Waals surface area contributed by atoms with E-state index in [0.29, 0.717) is 37.1 Å². The van der Waals surface area contributed by atoms with Gasteiger partial charge in [-0.2, -0.15) is 0 Å². The van der Waals surface area contributed by atoms with Crippen molar-refractivity contribution in [2.45, 2.75) is 82.9 Å². The van der Waals surface area contributed by atoms with Crippen LogP contribution in [-0.4, -0.2) is 40.3 Å². The SMILES string of the molecule is C#CC(=O)N(c1ccc(N(C(=O)OC(C)(C)C)C2CCC2)c(Cl)c1)C1(C(=O)O)CCCC1. The average molecular weight is 461 g/mol. The van der Waals surface area contributed by atoms with Crippen LogP contribution in [0.5, 0.6) is 0 Å². The van der Waals surface area contributed by atoms with E-state index in [4.69, 9.17) is 22.8 Å². The van der Waals surface area contributed by atoms with Crippen molar-refractivity contribution in [3.05, 3.63) is 23.2 Å². The zero-order chi connectivity index (χ0) is 23.7. The van der Waals surface area contributed by atoms with Crippen molar-refractivity contribution in [3.8, 4) is 12.3 Å². The number of carboxylic acid groups (broad SMARTS) is 1. The molecule has 2 aliphatic carbocycles. The quantitative estimate of drug-likeness (QED) is 0.625. The first-order valence-electron chi connectivity index (χ1n) is 10.9. The van der Waals surface area contributed by atoms with Gasteiger partial charge in [-0.05, 0) is 77.0 Å². The van der Waals surface area contributed by atoms with Crippen LogP contribution in [0.15, 0.2) is 18.2 Å². The standard InChI is InChI=1S/C24H29ClN2O5/c1-5-20(28)27(24(21(29)30)13-6-7-14-24)17-11-12-19(18(25)15-17)26(16-9-8-10-16)22(31)32-23(2,3)4/h1,11-12,15-16H,6-10,13-14H2,2-4H3,(H,29,30). The molecule has 0 unspecified atom stereocenters. The molecular weight excluding hydrogens is 432 g/mol. The number of ether oxygens (including phenoxy) is 1. The number of carbonyl (C=O) groups is 3. The lowest BCUT2D eigenvalue weighted by Crippen LogP contribution is -2.55. The van der Waals surface area contributed by atoms with Gasteiger partial charge in [0.05, 0.1) is 10.7 Å². The zero-order valence-corrected chi connectivity index (χ0v) is 19.4. The molecule has 0 spiro atoms. The highest BCUT2D eigenvalue weighted by Gasteiger charge is 2.49. The number of anilines is 2. The molecule has 2 saturated carbocycles. The molecule has 0 aromatic heterocycles. The number of nitrogens with zero attached hydrogens (tertiary/aromatic N) is 2. The van der Waals surface area contributed by atoms with Crippen molar-refractivity contribution in [3.63, 3.8) is 0 Å². The molecule has 8 heteroatoms. The molecule has 2 aliphatic rings. The Hall–Kier alpha value is -2.72. The molecule has 1 aromatic rings. The summed E-state index contributed by atoms with van der Waals surface area (Å²) in [6, 6.07) is 4.69. The number of carboxylic acids is 1. The Morgan fingerprint density at radius 2 is 1.81 bits per heavy atom. The van der Waals surface area contributed by atoms with Gasteiger partial charge in [0.25, 0.3) is 0 Å². The number of aliphatic carboxylic acids is 1. The van der Waals surface area contributed by atoms with Crippen molar-refractivity contribution in [2.24, 2.45) is 0 Å². The average Bonchev–Trinajstić information content (AvgIpc) is 3.14. The van der Waals surface area contributed by atoms with Crippen LogP contribution < -0.4 is 9.80 Å². The summed E-state index contributed by atoms with van der Waals surface area (Å²) < 4.78 is 5.59. The van der Waals surface area contributed by atoms with Gasteiger partial charge in [0.15, 0.2) is 0 Å². The zero-order valence-electron chi connectivity index (χ0n) is 18.7. The molecule has 7 nitrogen and oxygen atoms in total.